The van der Waals surface area contributed by atoms with Crippen molar-refractivity contribution < 1.29 is 13.6 Å². The number of rotatable bonds is 3. The second-order valence-electron chi connectivity index (χ2n) is 2.63. The number of hydrogen-bond acceptors (Lipinski definition) is 4. The first-order valence-electron chi connectivity index (χ1n) is 3.82. The summed E-state index contributed by atoms with van der Waals surface area (Å²) in [6.45, 7) is -0.00505. The van der Waals surface area contributed by atoms with Crippen molar-refractivity contribution in [2.45, 2.75) is 13.0 Å². The number of nitrogens with two attached hydrogens (primary N) is 2. The molecule has 0 aliphatic heterocycles. The number of nitrogen functional groups attached to an aromatic ring is 1. The van der Waals surface area contributed by atoms with Gasteiger partial charge in [-0.25, -0.2) is 13.8 Å². The number of nitrogens with zero attached hydrogens (tertiary/aromatic N) is 1. The molecule has 0 atom stereocenters. The molecule has 76 valence electrons. The molecule has 0 aliphatic carbocycles. The second-order valence-corrected chi connectivity index (χ2v) is 2.63. The van der Waals surface area contributed by atoms with Gasteiger partial charge in [0.25, 0.3) is 6.43 Å². The smallest absolute Gasteiger partial charge is 0.282 e. The molecule has 0 saturated carbocycles. The van der Waals surface area contributed by atoms with Gasteiger partial charge in [-0.1, -0.05) is 0 Å². The molecule has 14 heavy (non-hydrogen) atoms. The molecule has 0 amide bonds. The summed E-state index contributed by atoms with van der Waals surface area (Å²) >= 11 is 0. The molecule has 6 heteroatoms. The van der Waals surface area contributed by atoms with E-state index in [0.717, 1.165) is 0 Å². The van der Waals surface area contributed by atoms with E-state index in [2.05, 4.69) is 4.98 Å². The van der Waals surface area contributed by atoms with E-state index in [1.165, 1.54) is 6.07 Å². The normalized spacial score (nSPS) is 10.6. The Bertz CT molecular complexity index is 355. The SMILES string of the molecule is NCc1cc(C=O)nc(C(F)F)c1N. The summed E-state index contributed by atoms with van der Waals surface area (Å²) in [5.74, 6) is 0. The molecule has 4 nitrogen and oxygen atoms in total. The van der Waals surface area contributed by atoms with Crippen LogP contribution in [0.4, 0.5) is 14.5 Å². The zero-order valence-corrected chi connectivity index (χ0v) is 7.21. The minimum atomic E-state index is -2.81. The molecule has 0 fully saturated rings. The maximum atomic E-state index is 12.4. The van der Waals surface area contributed by atoms with E-state index in [1.807, 2.05) is 0 Å². The van der Waals surface area contributed by atoms with E-state index < -0.39 is 12.1 Å². The fraction of sp³-hybridized carbons (Fsp3) is 0.250. The number of aromatic nitrogens is 1. The van der Waals surface area contributed by atoms with Crippen LogP contribution in [0.2, 0.25) is 0 Å². The lowest BCUT2D eigenvalue weighted by Crippen LogP contribution is -2.09. The molecule has 1 heterocycles. The molecule has 1 aromatic rings. The Morgan fingerprint density at radius 1 is 1.57 bits per heavy atom. The number of hydrogen-bond donors (Lipinski definition) is 2. The van der Waals surface area contributed by atoms with Gasteiger partial charge in [0.05, 0.1) is 5.69 Å². The summed E-state index contributed by atoms with van der Waals surface area (Å²) in [6, 6.07) is 1.30. The summed E-state index contributed by atoms with van der Waals surface area (Å²) < 4.78 is 24.7. The van der Waals surface area contributed by atoms with Crippen molar-refractivity contribution in [1.82, 2.24) is 4.98 Å². The van der Waals surface area contributed by atoms with Crippen LogP contribution < -0.4 is 11.5 Å². The predicted octanol–water partition coefficient (Wildman–Crippen LogP) is 0.873. The molecule has 0 unspecified atom stereocenters. The van der Waals surface area contributed by atoms with Gasteiger partial charge in [0.1, 0.15) is 11.4 Å². The van der Waals surface area contributed by atoms with Gasteiger partial charge in [0.2, 0.25) is 0 Å². The van der Waals surface area contributed by atoms with E-state index in [-0.39, 0.29) is 17.9 Å². The topological polar surface area (TPSA) is 82.0 Å². The number of alkyl halides is 2. The highest BCUT2D eigenvalue weighted by atomic mass is 19.3. The van der Waals surface area contributed by atoms with Gasteiger partial charge in [-0.2, -0.15) is 0 Å². The summed E-state index contributed by atoms with van der Waals surface area (Å²) in [4.78, 5) is 13.8. The number of anilines is 1. The number of carbonyl (C=O) groups is 1. The van der Waals surface area contributed by atoms with Crippen LogP contribution in [0.1, 0.15) is 28.2 Å². The first-order valence-corrected chi connectivity index (χ1v) is 3.82. The molecule has 0 aromatic carbocycles. The van der Waals surface area contributed by atoms with Gasteiger partial charge in [-0.3, -0.25) is 4.79 Å². The summed E-state index contributed by atoms with van der Waals surface area (Å²) in [7, 11) is 0. The van der Waals surface area contributed by atoms with Gasteiger partial charge in [0, 0.05) is 6.54 Å². The second kappa shape index (κ2) is 4.10. The molecule has 0 bridgehead atoms. The first kappa shape index (κ1) is 10.5. The van der Waals surface area contributed by atoms with E-state index in [0.29, 0.717) is 11.8 Å². The fourth-order valence-electron chi connectivity index (χ4n) is 1.05. The van der Waals surface area contributed by atoms with E-state index in [9.17, 15) is 13.6 Å². The van der Waals surface area contributed by atoms with Crippen molar-refractivity contribution in [2.24, 2.45) is 5.73 Å². The van der Waals surface area contributed by atoms with Crippen molar-refractivity contribution in [2.75, 3.05) is 5.73 Å². The van der Waals surface area contributed by atoms with Gasteiger partial charge in [-0.05, 0) is 11.6 Å². The van der Waals surface area contributed by atoms with Crippen molar-refractivity contribution >= 4 is 12.0 Å². The molecule has 1 rings (SSSR count). The van der Waals surface area contributed by atoms with Gasteiger partial charge < -0.3 is 11.5 Å². The molecular weight excluding hydrogens is 192 g/mol. The number of halogens is 2. The molecule has 1 aromatic heterocycles. The highest BCUT2D eigenvalue weighted by molar-refractivity contribution is 5.74. The highest BCUT2D eigenvalue weighted by Gasteiger charge is 2.16. The van der Waals surface area contributed by atoms with Crippen molar-refractivity contribution in [1.29, 1.82) is 0 Å². The Morgan fingerprint density at radius 2 is 2.21 bits per heavy atom. The Labute approximate surface area is 78.9 Å². The van der Waals surface area contributed by atoms with E-state index in [1.54, 1.807) is 0 Å². The molecule has 4 N–H and O–H groups in total. The summed E-state index contributed by atoms with van der Waals surface area (Å²) in [6.07, 6.45) is -2.43. The number of carbonyl (C=O) groups excluding carboxylic acids is 1. The van der Waals surface area contributed by atoms with Crippen molar-refractivity contribution in [3.8, 4) is 0 Å². The van der Waals surface area contributed by atoms with Crippen LogP contribution in [-0.2, 0) is 6.54 Å². The fourth-order valence-corrected chi connectivity index (χ4v) is 1.05. The number of aldehydes is 1. The summed E-state index contributed by atoms with van der Waals surface area (Å²) in [5, 5.41) is 0. The van der Waals surface area contributed by atoms with E-state index >= 15 is 0 Å². The standard InChI is InChI=1S/C8H9F2N3O/c9-8(10)7-6(12)4(2-11)1-5(3-14)13-7/h1,3,8H,2,11-12H2. The lowest BCUT2D eigenvalue weighted by Gasteiger charge is -2.08. The van der Waals surface area contributed by atoms with Crippen LogP contribution in [0.25, 0.3) is 0 Å². The van der Waals surface area contributed by atoms with Crippen molar-refractivity contribution in [3.63, 3.8) is 0 Å². The van der Waals surface area contributed by atoms with Crippen LogP contribution in [-0.4, -0.2) is 11.3 Å². The first-order chi connectivity index (χ1) is 6.60. The minimum absolute atomic E-state index is 0.00505. The van der Waals surface area contributed by atoms with Gasteiger partial charge >= 0.3 is 0 Å². The largest absolute Gasteiger partial charge is 0.397 e. The Balaban J connectivity index is 3.34. The molecule has 0 saturated heterocycles. The predicted molar refractivity (Wildman–Crippen MR) is 46.9 cm³/mol. The average Bonchev–Trinajstić information content (AvgIpc) is 2.17. The van der Waals surface area contributed by atoms with Crippen LogP contribution in [0.5, 0.6) is 0 Å². The van der Waals surface area contributed by atoms with Crippen LogP contribution in [0, 0.1) is 0 Å². The van der Waals surface area contributed by atoms with Crippen LogP contribution in [0.15, 0.2) is 6.07 Å². The lowest BCUT2D eigenvalue weighted by atomic mass is 10.1. The van der Waals surface area contributed by atoms with E-state index in [4.69, 9.17) is 11.5 Å². The average molecular weight is 201 g/mol. The third-order valence-electron chi connectivity index (χ3n) is 1.74. The maximum absolute atomic E-state index is 12.4. The van der Waals surface area contributed by atoms with Gasteiger partial charge in [-0.15, -0.1) is 0 Å². The van der Waals surface area contributed by atoms with Crippen LogP contribution in [0.3, 0.4) is 0 Å². The zero-order chi connectivity index (χ0) is 10.7. The highest BCUT2D eigenvalue weighted by Crippen LogP contribution is 2.25. The van der Waals surface area contributed by atoms with Gasteiger partial charge in [0.15, 0.2) is 6.29 Å². The number of pyridine rings is 1. The monoisotopic (exact) mass is 201 g/mol. The Hall–Kier alpha value is -1.56. The molecular formula is C8H9F2N3O. The lowest BCUT2D eigenvalue weighted by molar-refractivity contribution is 0.111. The maximum Gasteiger partial charge on any atom is 0.282 e. The molecule has 0 radical (unpaired) electrons. The van der Waals surface area contributed by atoms with Crippen molar-refractivity contribution in [3.05, 3.63) is 23.0 Å². The molecule has 0 aliphatic rings. The zero-order valence-electron chi connectivity index (χ0n) is 7.21. The van der Waals surface area contributed by atoms with Crippen LogP contribution >= 0.6 is 0 Å². The third-order valence-corrected chi connectivity index (χ3v) is 1.74. The Morgan fingerprint density at radius 3 is 2.64 bits per heavy atom. The summed E-state index contributed by atoms with van der Waals surface area (Å²) in [5.41, 5.74) is 10.1. The minimum Gasteiger partial charge on any atom is -0.397 e. The quantitative estimate of drug-likeness (QED) is 0.711. The third kappa shape index (κ3) is 1.85. The Kier molecular flexibility index (Phi) is 3.08. The molecule has 0 spiro atoms.